The lowest BCUT2D eigenvalue weighted by atomic mass is 9.95. The van der Waals surface area contributed by atoms with Gasteiger partial charge in [0, 0.05) is 11.6 Å². The first-order valence-electron chi connectivity index (χ1n) is 6.13. The topological polar surface area (TPSA) is 21.3 Å². The SMILES string of the molecule is C=CCC(NCC)c1c(C)cc(C)cc1OC. The Bertz CT molecular complexity index is 385. The summed E-state index contributed by atoms with van der Waals surface area (Å²) in [6.45, 7) is 11.1. The van der Waals surface area contributed by atoms with Gasteiger partial charge >= 0.3 is 0 Å². The zero-order valence-electron chi connectivity index (χ0n) is 11.3. The van der Waals surface area contributed by atoms with Crippen LogP contribution in [0.1, 0.15) is 36.1 Å². The highest BCUT2D eigenvalue weighted by Gasteiger charge is 2.16. The van der Waals surface area contributed by atoms with Gasteiger partial charge in [-0.2, -0.15) is 0 Å². The number of rotatable bonds is 6. The Morgan fingerprint density at radius 1 is 1.41 bits per heavy atom. The molecule has 1 aromatic rings. The molecular formula is C15H23NO. The van der Waals surface area contributed by atoms with Crippen LogP contribution in [0.5, 0.6) is 5.75 Å². The summed E-state index contributed by atoms with van der Waals surface area (Å²) in [7, 11) is 1.73. The van der Waals surface area contributed by atoms with E-state index >= 15 is 0 Å². The zero-order chi connectivity index (χ0) is 12.8. The number of benzene rings is 1. The van der Waals surface area contributed by atoms with E-state index in [-0.39, 0.29) is 6.04 Å². The molecule has 0 saturated carbocycles. The van der Waals surface area contributed by atoms with Gasteiger partial charge in [-0.25, -0.2) is 0 Å². The van der Waals surface area contributed by atoms with Gasteiger partial charge < -0.3 is 10.1 Å². The molecule has 0 aromatic heterocycles. The van der Waals surface area contributed by atoms with Crippen LogP contribution in [-0.2, 0) is 0 Å². The predicted octanol–water partition coefficient (Wildman–Crippen LogP) is 3.54. The van der Waals surface area contributed by atoms with Gasteiger partial charge in [0.1, 0.15) is 5.75 Å². The molecule has 1 atom stereocenters. The summed E-state index contributed by atoms with van der Waals surface area (Å²) in [5.74, 6) is 0.968. The first kappa shape index (κ1) is 13.8. The third-order valence-corrected chi connectivity index (χ3v) is 2.91. The summed E-state index contributed by atoms with van der Waals surface area (Å²) in [6.07, 6.45) is 2.86. The van der Waals surface area contributed by atoms with E-state index in [1.54, 1.807) is 7.11 Å². The second-order valence-electron chi connectivity index (χ2n) is 4.33. The summed E-state index contributed by atoms with van der Waals surface area (Å²) in [5.41, 5.74) is 3.76. The maximum absolute atomic E-state index is 5.51. The van der Waals surface area contributed by atoms with Crippen molar-refractivity contribution in [3.05, 3.63) is 41.5 Å². The van der Waals surface area contributed by atoms with Crippen LogP contribution in [0, 0.1) is 13.8 Å². The second-order valence-corrected chi connectivity index (χ2v) is 4.33. The fourth-order valence-electron chi connectivity index (χ4n) is 2.27. The molecule has 17 heavy (non-hydrogen) atoms. The maximum Gasteiger partial charge on any atom is 0.124 e. The third-order valence-electron chi connectivity index (χ3n) is 2.91. The van der Waals surface area contributed by atoms with Crippen LogP contribution in [0.4, 0.5) is 0 Å². The molecule has 0 aliphatic carbocycles. The summed E-state index contributed by atoms with van der Waals surface area (Å²) in [4.78, 5) is 0. The molecule has 94 valence electrons. The Morgan fingerprint density at radius 3 is 2.65 bits per heavy atom. The van der Waals surface area contributed by atoms with Gasteiger partial charge in [0.25, 0.3) is 0 Å². The molecule has 0 spiro atoms. The molecule has 0 aliphatic heterocycles. The van der Waals surface area contributed by atoms with Crippen LogP contribution in [0.15, 0.2) is 24.8 Å². The number of hydrogen-bond donors (Lipinski definition) is 1. The normalized spacial score (nSPS) is 12.2. The lowest BCUT2D eigenvalue weighted by Gasteiger charge is -2.22. The van der Waals surface area contributed by atoms with Gasteiger partial charge in [0.05, 0.1) is 7.11 Å². The second kappa shape index (κ2) is 6.45. The summed E-state index contributed by atoms with van der Waals surface area (Å²) in [6, 6.07) is 4.58. The molecule has 0 radical (unpaired) electrons. The van der Waals surface area contributed by atoms with Crippen LogP contribution in [0.2, 0.25) is 0 Å². The molecule has 0 saturated heterocycles. The molecule has 2 nitrogen and oxygen atoms in total. The van der Waals surface area contributed by atoms with Crippen molar-refractivity contribution in [2.24, 2.45) is 0 Å². The lowest BCUT2D eigenvalue weighted by molar-refractivity contribution is 0.398. The summed E-state index contributed by atoms with van der Waals surface area (Å²) >= 11 is 0. The van der Waals surface area contributed by atoms with Crippen LogP contribution in [0.25, 0.3) is 0 Å². The van der Waals surface area contributed by atoms with Crippen molar-refractivity contribution in [2.45, 2.75) is 33.2 Å². The molecule has 0 bridgehead atoms. The van der Waals surface area contributed by atoms with E-state index in [2.05, 4.69) is 44.8 Å². The smallest absolute Gasteiger partial charge is 0.124 e. The van der Waals surface area contributed by atoms with Crippen molar-refractivity contribution >= 4 is 0 Å². The van der Waals surface area contributed by atoms with Crippen molar-refractivity contribution in [1.82, 2.24) is 5.32 Å². The van der Waals surface area contributed by atoms with E-state index in [1.165, 1.54) is 16.7 Å². The minimum Gasteiger partial charge on any atom is -0.496 e. The van der Waals surface area contributed by atoms with Crippen LogP contribution in [-0.4, -0.2) is 13.7 Å². The minimum absolute atomic E-state index is 0.285. The van der Waals surface area contributed by atoms with Crippen molar-refractivity contribution in [3.63, 3.8) is 0 Å². The van der Waals surface area contributed by atoms with E-state index in [0.29, 0.717) is 0 Å². The van der Waals surface area contributed by atoms with Crippen LogP contribution >= 0.6 is 0 Å². The van der Waals surface area contributed by atoms with Crippen molar-refractivity contribution in [1.29, 1.82) is 0 Å². The van der Waals surface area contributed by atoms with Gasteiger partial charge in [-0.3, -0.25) is 0 Å². The van der Waals surface area contributed by atoms with Crippen molar-refractivity contribution < 1.29 is 4.74 Å². The molecule has 1 aromatic carbocycles. The molecule has 1 unspecified atom stereocenters. The molecule has 0 fully saturated rings. The average Bonchev–Trinajstić information content (AvgIpc) is 2.28. The lowest BCUT2D eigenvalue weighted by Crippen LogP contribution is -2.22. The Kier molecular flexibility index (Phi) is 5.23. The fourth-order valence-corrected chi connectivity index (χ4v) is 2.27. The fraction of sp³-hybridized carbons (Fsp3) is 0.467. The van der Waals surface area contributed by atoms with E-state index < -0.39 is 0 Å². The number of ether oxygens (including phenoxy) is 1. The van der Waals surface area contributed by atoms with Crippen LogP contribution < -0.4 is 10.1 Å². The first-order chi connectivity index (χ1) is 8.13. The standard InChI is InChI=1S/C15H23NO/c1-6-8-13(16-7-2)15-12(4)9-11(3)10-14(15)17-5/h6,9-10,13,16H,1,7-8H2,2-5H3. The first-order valence-corrected chi connectivity index (χ1v) is 6.13. The van der Waals surface area contributed by atoms with Gasteiger partial charge in [-0.15, -0.1) is 6.58 Å². The highest BCUT2D eigenvalue weighted by molar-refractivity contribution is 5.45. The maximum atomic E-state index is 5.51. The van der Waals surface area contributed by atoms with E-state index in [0.717, 1.165) is 18.7 Å². The molecule has 1 rings (SSSR count). The number of nitrogens with one attached hydrogen (secondary N) is 1. The summed E-state index contributed by atoms with van der Waals surface area (Å²) in [5, 5.41) is 3.48. The average molecular weight is 233 g/mol. The zero-order valence-corrected chi connectivity index (χ0v) is 11.3. The summed E-state index contributed by atoms with van der Waals surface area (Å²) < 4.78 is 5.51. The molecular weight excluding hydrogens is 210 g/mol. The van der Waals surface area contributed by atoms with E-state index in [4.69, 9.17) is 4.74 Å². The van der Waals surface area contributed by atoms with Gasteiger partial charge in [-0.1, -0.05) is 19.1 Å². The molecule has 0 heterocycles. The molecule has 2 heteroatoms. The van der Waals surface area contributed by atoms with Crippen LogP contribution in [0.3, 0.4) is 0 Å². The Hall–Kier alpha value is -1.28. The Labute approximate surface area is 105 Å². The van der Waals surface area contributed by atoms with Gasteiger partial charge in [-0.05, 0) is 44.0 Å². The third kappa shape index (κ3) is 3.34. The van der Waals surface area contributed by atoms with E-state index in [1.807, 2.05) is 6.08 Å². The van der Waals surface area contributed by atoms with Crippen molar-refractivity contribution in [2.75, 3.05) is 13.7 Å². The number of aryl methyl sites for hydroxylation is 2. The molecule has 0 aliphatic rings. The number of methoxy groups -OCH3 is 1. The van der Waals surface area contributed by atoms with Gasteiger partial charge in [0.2, 0.25) is 0 Å². The molecule has 0 amide bonds. The highest BCUT2D eigenvalue weighted by atomic mass is 16.5. The Morgan fingerprint density at radius 2 is 2.12 bits per heavy atom. The van der Waals surface area contributed by atoms with Crippen molar-refractivity contribution in [3.8, 4) is 5.75 Å². The quantitative estimate of drug-likeness (QED) is 0.759. The monoisotopic (exact) mass is 233 g/mol. The largest absolute Gasteiger partial charge is 0.496 e. The minimum atomic E-state index is 0.285. The highest BCUT2D eigenvalue weighted by Crippen LogP contribution is 2.31. The predicted molar refractivity (Wildman–Crippen MR) is 73.7 cm³/mol. The Balaban J connectivity index is 3.19. The van der Waals surface area contributed by atoms with E-state index in [9.17, 15) is 0 Å². The number of hydrogen-bond acceptors (Lipinski definition) is 2. The van der Waals surface area contributed by atoms with Gasteiger partial charge in [0.15, 0.2) is 0 Å². The molecule has 1 N–H and O–H groups in total.